The lowest BCUT2D eigenvalue weighted by molar-refractivity contribution is -0.134. The summed E-state index contributed by atoms with van der Waals surface area (Å²) < 4.78 is 26.8. The minimum atomic E-state index is -0.515. The van der Waals surface area contributed by atoms with E-state index in [2.05, 4.69) is 16.8 Å². The van der Waals surface area contributed by atoms with E-state index in [0.717, 1.165) is 70.9 Å². The predicted molar refractivity (Wildman–Crippen MR) is 107 cm³/mol. The quantitative estimate of drug-likeness (QED) is 0.760. The second kappa shape index (κ2) is 8.64. The highest BCUT2D eigenvalue weighted by Gasteiger charge is 2.47. The number of nitrogens with zero attached hydrogens (tertiary/aromatic N) is 3. The Morgan fingerprint density at radius 1 is 1.07 bits per heavy atom. The van der Waals surface area contributed by atoms with Crippen molar-refractivity contribution in [3.05, 3.63) is 35.4 Å². The molecule has 0 aliphatic carbocycles. The number of piperidine rings is 1. The first kappa shape index (κ1) is 21.5. The van der Waals surface area contributed by atoms with E-state index in [1.807, 2.05) is 4.90 Å². The molecule has 1 unspecified atom stereocenters. The van der Waals surface area contributed by atoms with E-state index in [4.69, 9.17) is 0 Å². The first-order chi connectivity index (χ1) is 12.9. The van der Waals surface area contributed by atoms with Crippen LogP contribution in [0.3, 0.4) is 0 Å². The van der Waals surface area contributed by atoms with Crippen molar-refractivity contribution >= 4 is 18.3 Å². The second-order valence-corrected chi connectivity index (χ2v) is 8.72. The SMILES string of the molecule is CN1CC2(CCN(Cc3cc(F)cc(F)c3)CC2)CC1C(=O)N1CCCC1.Cl. The van der Waals surface area contributed by atoms with Crippen molar-refractivity contribution < 1.29 is 13.6 Å². The van der Waals surface area contributed by atoms with Gasteiger partial charge in [0.25, 0.3) is 0 Å². The Kier molecular flexibility index (Phi) is 6.62. The summed E-state index contributed by atoms with van der Waals surface area (Å²) in [6.07, 6.45) is 5.28. The van der Waals surface area contributed by atoms with Gasteiger partial charge >= 0.3 is 0 Å². The van der Waals surface area contributed by atoms with Crippen LogP contribution < -0.4 is 0 Å². The predicted octanol–water partition coefficient (Wildman–Crippen LogP) is 3.30. The highest BCUT2D eigenvalue weighted by Crippen LogP contribution is 2.43. The molecule has 28 heavy (non-hydrogen) atoms. The van der Waals surface area contributed by atoms with E-state index in [1.165, 1.54) is 12.1 Å². The van der Waals surface area contributed by atoms with Crippen molar-refractivity contribution in [3.63, 3.8) is 0 Å². The largest absolute Gasteiger partial charge is 0.341 e. The molecule has 1 aromatic carbocycles. The molecule has 4 rings (SSSR count). The molecule has 3 fully saturated rings. The number of carbonyl (C=O) groups excluding carboxylic acids is 1. The fourth-order valence-electron chi connectivity index (χ4n) is 5.20. The van der Waals surface area contributed by atoms with Crippen molar-refractivity contribution in [2.24, 2.45) is 5.41 Å². The van der Waals surface area contributed by atoms with Gasteiger partial charge in [-0.15, -0.1) is 12.4 Å². The molecule has 0 aromatic heterocycles. The van der Waals surface area contributed by atoms with Crippen LogP contribution in [0, 0.1) is 17.0 Å². The number of likely N-dealkylation sites (N-methyl/N-ethyl adjacent to an activating group) is 1. The minimum absolute atomic E-state index is 0. The Hall–Kier alpha value is -1.24. The van der Waals surface area contributed by atoms with Crippen LogP contribution in [0.4, 0.5) is 8.78 Å². The number of carbonyl (C=O) groups is 1. The van der Waals surface area contributed by atoms with Crippen LogP contribution in [0.2, 0.25) is 0 Å². The van der Waals surface area contributed by atoms with E-state index in [9.17, 15) is 13.6 Å². The number of hydrogen-bond acceptors (Lipinski definition) is 3. The maximum Gasteiger partial charge on any atom is 0.239 e. The first-order valence-electron chi connectivity index (χ1n) is 10.1. The second-order valence-electron chi connectivity index (χ2n) is 8.72. The van der Waals surface area contributed by atoms with Gasteiger partial charge in [-0.25, -0.2) is 8.78 Å². The monoisotopic (exact) mass is 413 g/mol. The molecule has 1 aromatic rings. The summed E-state index contributed by atoms with van der Waals surface area (Å²) in [5.41, 5.74) is 0.896. The Labute approximate surface area is 172 Å². The molecule has 3 saturated heterocycles. The Morgan fingerprint density at radius 2 is 1.68 bits per heavy atom. The van der Waals surface area contributed by atoms with E-state index in [-0.39, 0.29) is 23.9 Å². The summed E-state index contributed by atoms with van der Waals surface area (Å²) in [7, 11) is 2.08. The Morgan fingerprint density at radius 3 is 2.29 bits per heavy atom. The molecular weight excluding hydrogens is 384 g/mol. The molecule has 3 aliphatic heterocycles. The summed E-state index contributed by atoms with van der Waals surface area (Å²) >= 11 is 0. The molecule has 4 nitrogen and oxygen atoms in total. The topological polar surface area (TPSA) is 26.8 Å². The number of benzene rings is 1. The van der Waals surface area contributed by atoms with Crippen molar-refractivity contribution in [2.75, 3.05) is 39.8 Å². The van der Waals surface area contributed by atoms with Gasteiger partial charge in [0.1, 0.15) is 11.6 Å². The third-order valence-electron chi connectivity index (χ3n) is 6.69. The van der Waals surface area contributed by atoms with Gasteiger partial charge in [0.05, 0.1) is 6.04 Å². The van der Waals surface area contributed by atoms with Crippen LogP contribution in [-0.2, 0) is 11.3 Å². The number of amides is 1. The molecule has 0 saturated carbocycles. The van der Waals surface area contributed by atoms with Crippen LogP contribution in [0.5, 0.6) is 0 Å². The minimum Gasteiger partial charge on any atom is -0.341 e. The van der Waals surface area contributed by atoms with Gasteiger partial charge in [0.2, 0.25) is 5.91 Å². The van der Waals surface area contributed by atoms with Crippen LogP contribution in [0.25, 0.3) is 0 Å². The molecular formula is C21H30ClF2N3O. The van der Waals surface area contributed by atoms with Crippen molar-refractivity contribution in [1.29, 1.82) is 0 Å². The van der Waals surface area contributed by atoms with Crippen molar-refractivity contribution in [1.82, 2.24) is 14.7 Å². The average molecular weight is 414 g/mol. The Bertz CT molecular complexity index is 683. The third kappa shape index (κ3) is 4.50. The Balaban J connectivity index is 0.00000225. The molecule has 0 radical (unpaired) electrons. The molecule has 1 amide bonds. The van der Waals surface area contributed by atoms with Gasteiger partial charge in [-0.3, -0.25) is 14.6 Å². The fourth-order valence-corrected chi connectivity index (χ4v) is 5.20. The zero-order valence-electron chi connectivity index (χ0n) is 16.5. The molecule has 7 heteroatoms. The van der Waals surface area contributed by atoms with Crippen molar-refractivity contribution in [3.8, 4) is 0 Å². The first-order valence-corrected chi connectivity index (χ1v) is 10.1. The van der Waals surface area contributed by atoms with Gasteiger partial charge < -0.3 is 4.90 Å². The lowest BCUT2D eigenvalue weighted by Crippen LogP contribution is -2.42. The summed E-state index contributed by atoms with van der Waals surface area (Å²) in [5.74, 6) is -0.720. The molecule has 0 N–H and O–H groups in total. The van der Waals surface area contributed by atoms with E-state index >= 15 is 0 Å². The maximum atomic E-state index is 13.4. The van der Waals surface area contributed by atoms with Crippen LogP contribution in [-0.4, -0.2) is 66.4 Å². The summed E-state index contributed by atoms with van der Waals surface area (Å²) in [6, 6.07) is 3.77. The summed E-state index contributed by atoms with van der Waals surface area (Å²) in [6.45, 7) is 5.20. The number of hydrogen-bond donors (Lipinski definition) is 0. The van der Waals surface area contributed by atoms with Crippen LogP contribution in [0.15, 0.2) is 18.2 Å². The van der Waals surface area contributed by atoms with Gasteiger partial charge in [-0.05, 0) is 75.4 Å². The fraction of sp³-hybridized carbons (Fsp3) is 0.667. The van der Waals surface area contributed by atoms with E-state index in [0.29, 0.717) is 18.0 Å². The summed E-state index contributed by atoms with van der Waals surface area (Å²) in [5, 5.41) is 0. The zero-order valence-corrected chi connectivity index (χ0v) is 17.3. The van der Waals surface area contributed by atoms with Crippen molar-refractivity contribution in [2.45, 2.75) is 44.7 Å². The van der Waals surface area contributed by atoms with Crippen LogP contribution >= 0.6 is 12.4 Å². The number of halogens is 3. The molecule has 3 heterocycles. The van der Waals surface area contributed by atoms with Crippen LogP contribution in [0.1, 0.15) is 37.7 Å². The molecule has 156 valence electrons. The molecule has 1 atom stereocenters. The number of likely N-dealkylation sites (tertiary alicyclic amines) is 3. The average Bonchev–Trinajstić information content (AvgIpc) is 3.24. The van der Waals surface area contributed by atoms with E-state index in [1.54, 1.807) is 0 Å². The number of rotatable bonds is 3. The lowest BCUT2D eigenvalue weighted by atomic mass is 9.76. The van der Waals surface area contributed by atoms with E-state index < -0.39 is 11.6 Å². The maximum absolute atomic E-state index is 13.4. The highest BCUT2D eigenvalue weighted by atomic mass is 35.5. The molecule has 1 spiro atoms. The normalized spacial score (nSPS) is 25.2. The lowest BCUT2D eigenvalue weighted by Gasteiger charge is -2.39. The van der Waals surface area contributed by atoms with Gasteiger partial charge in [-0.1, -0.05) is 0 Å². The standard InChI is InChI=1S/C21H29F2N3O.ClH/c1-24-15-21(13-19(24)20(27)26-6-2-3-7-26)4-8-25(9-5-21)14-16-10-17(22)12-18(23)11-16;/h10-12,19H,2-9,13-15H2,1H3;1H. The molecule has 0 bridgehead atoms. The van der Waals surface area contributed by atoms with Gasteiger partial charge in [-0.2, -0.15) is 0 Å². The van der Waals surface area contributed by atoms with Gasteiger partial charge in [0.15, 0.2) is 0 Å². The highest BCUT2D eigenvalue weighted by molar-refractivity contribution is 5.85. The van der Waals surface area contributed by atoms with Gasteiger partial charge in [0, 0.05) is 32.2 Å². The third-order valence-corrected chi connectivity index (χ3v) is 6.69. The molecule has 3 aliphatic rings. The summed E-state index contributed by atoms with van der Waals surface area (Å²) in [4.78, 5) is 19.4. The smallest absolute Gasteiger partial charge is 0.239 e. The zero-order chi connectivity index (χ0) is 19.0.